The zero-order chi connectivity index (χ0) is 15.5. The molecule has 1 N–H and O–H groups in total. The van der Waals surface area contributed by atoms with E-state index < -0.39 is 5.97 Å². The summed E-state index contributed by atoms with van der Waals surface area (Å²) in [7, 11) is 0. The molecule has 0 saturated carbocycles. The van der Waals surface area contributed by atoms with Gasteiger partial charge in [-0.3, -0.25) is 0 Å². The van der Waals surface area contributed by atoms with E-state index in [4.69, 9.17) is 5.11 Å². The second-order valence-electron chi connectivity index (χ2n) is 4.63. The third-order valence-electron chi connectivity index (χ3n) is 3.17. The Labute approximate surface area is 125 Å². The highest BCUT2D eigenvalue weighted by Gasteiger charge is 2.10. The number of hydrogen-bond acceptors (Lipinski definition) is 3. The lowest BCUT2D eigenvalue weighted by Crippen LogP contribution is -1.98. The van der Waals surface area contributed by atoms with Gasteiger partial charge in [-0.05, 0) is 30.3 Å². The van der Waals surface area contributed by atoms with Crippen molar-refractivity contribution >= 4 is 5.97 Å². The number of nitrogens with zero attached hydrogens (tertiary/aromatic N) is 2. The van der Waals surface area contributed by atoms with Crippen LogP contribution in [0.4, 0.5) is 4.39 Å². The Balaban J connectivity index is 2.07. The third kappa shape index (κ3) is 2.69. The molecule has 0 bridgehead atoms. The number of aromatic nitrogens is 2. The van der Waals surface area contributed by atoms with E-state index in [2.05, 4.69) is 9.97 Å². The molecule has 0 amide bonds. The molecule has 0 unspecified atom stereocenters. The van der Waals surface area contributed by atoms with Gasteiger partial charge in [0.2, 0.25) is 0 Å². The molecule has 4 nitrogen and oxygen atoms in total. The second-order valence-corrected chi connectivity index (χ2v) is 4.63. The Morgan fingerprint density at radius 2 is 1.86 bits per heavy atom. The number of carbonyl (C=O) groups is 1. The average Bonchev–Trinajstić information content (AvgIpc) is 2.55. The van der Waals surface area contributed by atoms with Crippen molar-refractivity contribution in [3.05, 3.63) is 72.2 Å². The average molecular weight is 294 g/mol. The maximum absolute atomic E-state index is 13.8. The molecule has 3 aromatic rings. The number of carboxylic acid groups (broad SMARTS) is 1. The molecule has 0 atom stereocenters. The van der Waals surface area contributed by atoms with Gasteiger partial charge in [0.05, 0.1) is 11.3 Å². The summed E-state index contributed by atoms with van der Waals surface area (Å²) in [6.07, 6.45) is 1.53. The number of carboxylic acids is 1. The lowest BCUT2D eigenvalue weighted by Gasteiger charge is -2.05. The summed E-state index contributed by atoms with van der Waals surface area (Å²) >= 11 is 0. The van der Waals surface area contributed by atoms with Crippen LogP contribution in [0.15, 0.2) is 60.8 Å². The van der Waals surface area contributed by atoms with Crippen LogP contribution in [0.5, 0.6) is 0 Å². The van der Waals surface area contributed by atoms with E-state index in [0.29, 0.717) is 22.6 Å². The first-order valence-corrected chi connectivity index (χ1v) is 6.57. The standard InChI is InChI=1S/C17H11FN2O2/c18-14-7-2-1-6-13(14)15-8-9-19-16(20-15)11-4-3-5-12(10-11)17(21)22/h1-10H,(H,21,22). The van der Waals surface area contributed by atoms with Gasteiger partial charge >= 0.3 is 5.97 Å². The van der Waals surface area contributed by atoms with Gasteiger partial charge in [0.1, 0.15) is 5.82 Å². The Kier molecular flexibility index (Phi) is 3.62. The first kappa shape index (κ1) is 13.9. The number of aromatic carboxylic acids is 1. The van der Waals surface area contributed by atoms with Crippen molar-refractivity contribution in [2.75, 3.05) is 0 Å². The van der Waals surface area contributed by atoms with Crippen LogP contribution in [0.1, 0.15) is 10.4 Å². The van der Waals surface area contributed by atoms with E-state index >= 15 is 0 Å². The van der Waals surface area contributed by atoms with Crippen LogP contribution in [-0.2, 0) is 0 Å². The molecule has 0 aliphatic heterocycles. The predicted molar refractivity (Wildman–Crippen MR) is 79.8 cm³/mol. The van der Waals surface area contributed by atoms with E-state index in [1.54, 1.807) is 36.4 Å². The quantitative estimate of drug-likeness (QED) is 0.801. The SMILES string of the molecule is O=C(O)c1cccc(-c2nccc(-c3ccccc3F)n2)c1. The van der Waals surface area contributed by atoms with Crippen molar-refractivity contribution in [1.82, 2.24) is 9.97 Å². The van der Waals surface area contributed by atoms with Crippen LogP contribution in [0, 0.1) is 5.82 Å². The van der Waals surface area contributed by atoms with Crippen LogP contribution in [-0.4, -0.2) is 21.0 Å². The molecular weight excluding hydrogens is 283 g/mol. The monoisotopic (exact) mass is 294 g/mol. The summed E-state index contributed by atoms with van der Waals surface area (Å²) in [5.74, 6) is -1.04. The Bertz CT molecular complexity index is 849. The van der Waals surface area contributed by atoms with E-state index in [0.717, 1.165) is 0 Å². The van der Waals surface area contributed by atoms with Crippen molar-refractivity contribution in [2.24, 2.45) is 0 Å². The Morgan fingerprint density at radius 1 is 1.05 bits per heavy atom. The van der Waals surface area contributed by atoms with Crippen LogP contribution in [0.3, 0.4) is 0 Å². The van der Waals surface area contributed by atoms with Gasteiger partial charge in [-0.2, -0.15) is 0 Å². The molecule has 0 aliphatic rings. The summed E-state index contributed by atoms with van der Waals surface area (Å²) in [5, 5.41) is 9.03. The molecule has 108 valence electrons. The molecular formula is C17H11FN2O2. The Hall–Kier alpha value is -3.08. The topological polar surface area (TPSA) is 63.1 Å². The minimum Gasteiger partial charge on any atom is -0.478 e. The van der Waals surface area contributed by atoms with Gasteiger partial charge in [-0.15, -0.1) is 0 Å². The fourth-order valence-corrected chi connectivity index (χ4v) is 2.11. The summed E-state index contributed by atoms with van der Waals surface area (Å²) < 4.78 is 13.8. The van der Waals surface area contributed by atoms with Gasteiger partial charge in [-0.25, -0.2) is 19.2 Å². The second kappa shape index (κ2) is 5.73. The summed E-state index contributed by atoms with van der Waals surface area (Å²) in [6.45, 7) is 0. The van der Waals surface area contributed by atoms with Gasteiger partial charge in [-0.1, -0.05) is 24.3 Å². The molecule has 0 radical (unpaired) electrons. The fraction of sp³-hybridized carbons (Fsp3) is 0. The van der Waals surface area contributed by atoms with Gasteiger partial charge in [0.15, 0.2) is 5.82 Å². The molecule has 2 aromatic carbocycles. The van der Waals surface area contributed by atoms with Gasteiger partial charge < -0.3 is 5.11 Å². The van der Waals surface area contributed by atoms with E-state index in [9.17, 15) is 9.18 Å². The van der Waals surface area contributed by atoms with Crippen molar-refractivity contribution in [1.29, 1.82) is 0 Å². The molecule has 1 aromatic heterocycles. The van der Waals surface area contributed by atoms with Crippen LogP contribution >= 0.6 is 0 Å². The normalized spacial score (nSPS) is 10.4. The molecule has 5 heteroatoms. The Morgan fingerprint density at radius 3 is 2.64 bits per heavy atom. The predicted octanol–water partition coefficient (Wildman–Crippen LogP) is 3.65. The van der Waals surface area contributed by atoms with Crippen molar-refractivity contribution < 1.29 is 14.3 Å². The smallest absolute Gasteiger partial charge is 0.335 e. The highest BCUT2D eigenvalue weighted by atomic mass is 19.1. The molecule has 0 saturated heterocycles. The van der Waals surface area contributed by atoms with E-state index in [1.807, 2.05) is 0 Å². The van der Waals surface area contributed by atoms with Crippen molar-refractivity contribution in [2.45, 2.75) is 0 Å². The number of hydrogen-bond donors (Lipinski definition) is 1. The first-order valence-electron chi connectivity index (χ1n) is 6.57. The largest absolute Gasteiger partial charge is 0.478 e. The minimum atomic E-state index is -1.02. The summed E-state index contributed by atoms with van der Waals surface area (Å²) in [6, 6.07) is 14.3. The maximum Gasteiger partial charge on any atom is 0.335 e. The number of rotatable bonds is 3. The minimum absolute atomic E-state index is 0.150. The highest BCUT2D eigenvalue weighted by Crippen LogP contribution is 2.23. The van der Waals surface area contributed by atoms with Gasteiger partial charge in [0.25, 0.3) is 0 Å². The number of halogens is 1. The van der Waals surface area contributed by atoms with E-state index in [1.165, 1.54) is 24.4 Å². The highest BCUT2D eigenvalue weighted by molar-refractivity contribution is 5.89. The van der Waals surface area contributed by atoms with Crippen LogP contribution < -0.4 is 0 Å². The maximum atomic E-state index is 13.8. The molecule has 22 heavy (non-hydrogen) atoms. The lowest BCUT2D eigenvalue weighted by atomic mass is 10.1. The first-order chi connectivity index (χ1) is 10.6. The molecule has 0 aliphatic carbocycles. The lowest BCUT2D eigenvalue weighted by molar-refractivity contribution is 0.0697. The van der Waals surface area contributed by atoms with E-state index in [-0.39, 0.29) is 11.4 Å². The zero-order valence-electron chi connectivity index (χ0n) is 11.4. The number of benzene rings is 2. The fourth-order valence-electron chi connectivity index (χ4n) is 2.11. The van der Waals surface area contributed by atoms with Gasteiger partial charge in [0, 0.05) is 17.3 Å². The summed E-state index contributed by atoms with van der Waals surface area (Å²) in [5.41, 5.74) is 1.54. The van der Waals surface area contributed by atoms with Crippen molar-refractivity contribution in [3.63, 3.8) is 0 Å². The molecule has 0 fully saturated rings. The molecule has 1 heterocycles. The zero-order valence-corrected chi connectivity index (χ0v) is 11.4. The summed E-state index contributed by atoms with van der Waals surface area (Å²) in [4.78, 5) is 19.5. The van der Waals surface area contributed by atoms with Crippen molar-refractivity contribution in [3.8, 4) is 22.6 Å². The van der Waals surface area contributed by atoms with Crippen LogP contribution in [0.25, 0.3) is 22.6 Å². The molecule has 0 spiro atoms. The van der Waals surface area contributed by atoms with Crippen LogP contribution in [0.2, 0.25) is 0 Å². The third-order valence-corrected chi connectivity index (χ3v) is 3.17. The molecule has 3 rings (SSSR count).